The number of furan rings is 1. The van der Waals surface area contributed by atoms with E-state index in [1.54, 1.807) is 24.1 Å². The first-order chi connectivity index (χ1) is 10.5. The summed E-state index contributed by atoms with van der Waals surface area (Å²) in [6.07, 6.45) is 3.48. The Kier molecular flexibility index (Phi) is 5.38. The summed E-state index contributed by atoms with van der Waals surface area (Å²) < 4.78 is 5.05. The average molecular weight is 320 g/mol. The van der Waals surface area contributed by atoms with E-state index in [0.717, 1.165) is 24.9 Å². The van der Waals surface area contributed by atoms with Gasteiger partial charge >= 0.3 is 0 Å². The number of hydrogen-bond acceptors (Lipinski definition) is 4. The smallest absolute Gasteiger partial charge is 0.291 e. The van der Waals surface area contributed by atoms with E-state index in [9.17, 15) is 9.59 Å². The van der Waals surface area contributed by atoms with Gasteiger partial charge in [-0.2, -0.15) is 0 Å². The highest BCUT2D eigenvalue weighted by molar-refractivity contribution is 7.18. The minimum atomic E-state index is -0.315. The van der Waals surface area contributed by atoms with Crippen molar-refractivity contribution in [3.63, 3.8) is 0 Å². The lowest BCUT2D eigenvalue weighted by atomic mass is 10.2. The molecule has 0 bridgehead atoms. The van der Waals surface area contributed by atoms with Crippen LogP contribution < -0.4 is 5.32 Å². The summed E-state index contributed by atoms with van der Waals surface area (Å²) in [6.45, 7) is 4.71. The van der Waals surface area contributed by atoms with Crippen molar-refractivity contribution in [2.45, 2.75) is 26.7 Å². The molecule has 0 aliphatic carbocycles. The van der Waals surface area contributed by atoms with Crippen LogP contribution in [0.5, 0.6) is 0 Å². The number of carbonyl (C=O) groups is 2. The van der Waals surface area contributed by atoms with E-state index in [1.807, 2.05) is 13.0 Å². The first kappa shape index (κ1) is 16.3. The molecular weight excluding hydrogens is 300 g/mol. The third-order valence-electron chi connectivity index (χ3n) is 3.29. The number of hydrogen-bond donors (Lipinski definition) is 1. The van der Waals surface area contributed by atoms with Crippen molar-refractivity contribution in [2.75, 3.05) is 18.9 Å². The highest BCUT2D eigenvalue weighted by atomic mass is 32.1. The molecule has 0 radical (unpaired) electrons. The molecule has 0 aromatic carbocycles. The summed E-state index contributed by atoms with van der Waals surface area (Å²) in [6, 6.07) is 5.07. The van der Waals surface area contributed by atoms with Gasteiger partial charge in [0, 0.05) is 13.6 Å². The van der Waals surface area contributed by atoms with Crippen LogP contribution >= 0.6 is 11.3 Å². The van der Waals surface area contributed by atoms with Gasteiger partial charge in [0.15, 0.2) is 5.76 Å². The monoisotopic (exact) mass is 320 g/mol. The number of nitrogens with one attached hydrogen (secondary N) is 1. The Bertz CT molecular complexity index is 646. The maximum Gasteiger partial charge on any atom is 0.291 e. The fourth-order valence-corrected chi connectivity index (χ4v) is 3.07. The Morgan fingerprint density at radius 3 is 2.82 bits per heavy atom. The molecule has 0 unspecified atom stereocenters. The molecule has 0 saturated heterocycles. The molecule has 118 valence electrons. The Labute approximate surface area is 133 Å². The van der Waals surface area contributed by atoms with E-state index < -0.39 is 0 Å². The van der Waals surface area contributed by atoms with Crippen LogP contribution in [0, 0.1) is 6.92 Å². The van der Waals surface area contributed by atoms with Crippen LogP contribution in [0.3, 0.4) is 0 Å². The largest absolute Gasteiger partial charge is 0.459 e. The second kappa shape index (κ2) is 7.26. The molecule has 22 heavy (non-hydrogen) atoms. The molecule has 2 amide bonds. The fraction of sp³-hybridized carbons (Fsp3) is 0.375. The first-order valence-electron chi connectivity index (χ1n) is 7.23. The zero-order valence-corrected chi connectivity index (χ0v) is 13.8. The molecule has 1 N–H and O–H groups in total. The highest BCUT2D eigenvalue weighted by Crippen LogP contribution is 2.28. The lowest BCUT2D eigenvalue weighted by Crippen LogP contribution is -2.27. The SMILES string of the molecule is CCCCN(C)C(=O)c1sc(NC(=O)c2ccco2)cc1C. The number of unbranched alkanes of at least 4 members (excludes halogenated alkanes) is 1. The normalized spacial score (nSPS) is 10.5. The number of anilines is 1. The summed E-state index contributed by atoms with van der Waals surface area (Å²) in [5, 5.41) is 3.40. The number of rotatable bonds is 6. The van der Waals surface area contributed by atoms with Crippen LogP contribution in [0.15, 0.2) is 28.9 Å². The maximum atomic E-state index is 12.4. The average Bonchev–Trinajstić information content (AvgIpc) is 3.13. The van der Waals surface area contributed by atoms with Gasteiger partial charge in [-0.25, -0.2) is 0 Å². The van der Waals surface area contributed by atoms with Crippen LogP contribution in [0.4, 0.5) is 5.00 Å². The Morgan fingerprint density at radius 2 is 2.18 bits per heavy atom. The summed E-state index contributed by atoms with van der Waals surface area (Å²) in [5.41, 5.74) is 0.869. The highest BCUT2D eigenvalue weighted by Gasteiger charge is 2.19. The van der Waals surface area contributed by atoms with Gasteiger partial charge in [-0.15, -0.1) is 11.3 Å². The number of aryl methyl sites for hydroxylation is 1. The molecular formula is C16H20N2O3S. The first-order valence-corrected chi connectivity index (χ1v) is 8.05. The Hall–Kier alpha value is -2.08. The molecule has 2 rings (SSSR count). The van der Waals surface area contributed by atoms with Crippen LogP contribution in [0.1, 0.15) is 45.6 Å². The predicted octanol–water partition coefficient (Wildman–Crippen LogP) is 3.77. The molecule has 2 heterocycles. The third kappa shape index (κ3) is 3.76. The van der Waals surface area contributed by atoms with Gasteiger partial charge in [0.2, 0.25) is 0 Å². The summed E-state index contributed by atoms with van der Waals surface area (Å²) in [5.74, 6) is -0.0713. The van der Waals surface area contributed by atoms with Crippen molar-refractivity contribution in [1.29, 1.82) is 0 Å². The van der Waals surface area contributed by atoms with Gasteiger partial charge in [-0.3, -0.25) is 9.59 Å². The molecule has 5 nitrogen and oxygen atoms in total. The molecule has 6 heteroatoms. The molecule has 0 aliphatic heterocycles. The zero-order chi connectivity index (χ0) is 16.1. The maximum absolute atomic E-state index is 12.4. The number of nitrogens with zero attached hydrogens (tertiary/aromatic N) is 1. The van der Waals surface area contributed by atoms with Crippen molar-refractivity contribution >= 4 is 28.2 Å². The lowest BCUT2D eigenvalue weighted by Gasteiger charge is -2.16. The Balaban J connectivity index is 2.07. The van der Waals surface area contributed by atoms with Gasteiger partial charge in [0.25, 0.3) is 11.8 Å². The zero-order valence-electron chi connectivity index (χ0n) is 13.0. The van der Waals surface area contributed by atoms with Crippen LogP contribution in [0.2, 0.25) is 0 Å². The minimum Gasteiger partial charge on any atom is -0.459 e. The van der Waals surface area contributed by atoms with E-state index in [0.29, 0.717) is 9.88 Å². The van der Waals surface area contributed by atoms with E-state index in [2.05, 4.69) is 12.2 Å². The summed E-state index contributed by atoms with van der Waals surface area (Å²) in [7, 11) is 1.80. The fourth-order valence-electron chi connectivity index (χ4n) is 2.01. The molecule has 0 saturated carbocycles. The van der Waals surface area contributed by atoms with E-state index in [1.165, 1.54) is 17.6 Å². The molecule has 0 fully saturated rings. The van der Waals surface area contributed by atoms with Crippen molar-refractivity contribution in [2.24, 2.45) is 0 Å². The second-order valence-electron chi connectivity index (χ2n) is 5.13. The van der Waals surface area contributed by atoms with Crippen molar-refractivity contribution in [1.82, 2.24) is 4.90 Å². The van der Waals surface area contributed by atoms with Crippen molar-refractivity contribution < 1.29 is 14.0 Å². The minimum absolute atomic E-state index is 0.00514. The van der Waals surface area contributed by atoms with Gasteiger partial charge in [0.05, 0.1) is 16.1 Å². The number of amides is 2. The summed E-state index contributed by atoms with van der Waals surface area (Å²) in [4.78, 5) is 26.7. The van der Waals surface area contributed by atoms with Gasteiger partial charge in [0.1, 0.15) is 0 Å². The van der Waals surface area contributed by atoms with E-state index in [-0.39, 0.29) is 17.6 Å². The Morgan fingerprint density at radius 1 is 1.41 bits per heavy atom. The number of carbonyl (C=O) groups excluding carboxylic acids is 2. The predicted molar refractivity (Wildman–Crippen MR) is 87.6 cm³/mol. The van der Waals surface area contributed by atoms with Crippen molar-refractivity contribution in [3.05, 3.63) is 40.7 Å². The number of thiophene rings is 1. The van der Waals surface area contributed by atoms with Crippen LogP contribution in [-0.4, -0.2) is 30.3 Å². The standard InChI is InChI=1S/C16H20N2O3S/c1-4-5-8-18(3)16(20)14-11(2)10-13(22-14)17-15(19)12-7-6-9-21-12/h6-7,9-10H,4-5,8H2,1-3H3,(H,17,19). The molecule has 0 atom stereocenters. The second-order valence-corrected chi connectivity index (χ2v) is 6.19. The quantitative estimate of drug-likeness (QED) is 0.881. The van der Waals surface area contributed by atoms with Gasteiger partial charge in [-0.1, -0.05) is 13.3 Å². The van der Waals surface area contributed by atoms with E-state index in [4.69, 9.17) is 4.42 Å². The van der Waals surface area contributed by atoms with E-state index >= 15 is 0 Å². The van der Waals surface area contributed by atoms with Crippen molar-refractivity contribution in [3.8, 4) is 0 Å². The van der Waals surface area contributed by atoms with Gasteiger partial charge in [-0.05, 0) is 37.1 Å². The molecule has 0 spiro atoms. The molecule has 2 aromatic rings. The molecule has 0 aliphatic rings. The third-order valence-corrected chi connectivity index (χ3v) is 4.43. The van der Waals surface area contributed by atoms with Crippen LogP contribution in [0.25, 0.3) is 0 Å². The topological polar surface area (TPSA) is 62.6 Å². The van der Waals surface area contributed by atoms with Crippen LogP contribution in [-0.2, 0) is 0 Å². The molecule has 2 aromatic heterocycles. The summed E-state index contributed by atoms with van der Waals surface area (Å²) >= 11 is 1.29. The van der Waals surface area contributed by atoms with Gasteiger partial charge < -0.3 is 14.6 Å². The lowest BCUT2D eigenvalue weighted by molar-refractivity contribution is 0.0797.